The molecule has 26 heteroatoms. The van der Waals surface area contributed by atoms with Crippen molar-refractivity contribution < 1.29 is 69.9 Å². The Morgan fingerprint density at radius 1 is 0.981 bits per heavy atom. The summed E-state index contributed by atoms with van der Waals surface area (Å²) >= 11 is 0. The molecule has 3 aliphatic heterocycles. The minimum absolute atomic E-state index is 0.00135. The van der Waals surface area contributed by atoms with E-state index >= 15 is 4.39 Å². The zero-order chi connectivity index (χ0) is 36.9. The molecule has 0 radical (unpaired) electrons. The summed E-state index contributed by atoms with van der Waals surface area (Å²) in [6, 6.07) is 1.48. The molecule has 52 heavy (non-hydrogen) atoms. The molecule has 10 atom stereocenters. The molecular weight excluding hydrogens is 743 g/mol. The molecule has 0 saturated carbocycles. The number of carbonyl (C=O) groups excluding carboxylic acids is 1. The summed E-state index contributed by atoms with van der Waals surface area (Å²) in [7, 11) is -10.2. The molecule has 4 aromatic heterocycles. The van der Waals surface area contributed by atoms with E-state index in [1.807, 2.05) is 0 Å². The number of anilines is 2. The summed E-state index contributed by atoms with van der Waals surface area (Å²) in [6.07, 6.45) is -10.6. The molecule has 282 valence electrons. The Bertz CT molecular complexity index is 2060. The number of nitrogens with zero attached hydrogens (tertiary/aromatic N) is 7. The lowest BCUT2D eigenvalue weighted by atomic mass is 10.1. The van der Waals surface area contributed by atoms with Gasteiger partial charge in [-0.3, -0.25) is 27.2 Å². The van der Waals surface area contributed by atoms with Crippen LogP contribution < -0.4 is 11.5 Å². The lowest BCUT2D eigenvalue weighted by Gasteiger charge is -2.27. The molecule has 0 aromatic carbocycles. The fourth-order valence-corrected chi connectivity index (χ4v) is 7.89. The second-order valence-electron chi connectivity index (χ2n) is 11.8. The number of aliphatic hydroxyl groups excluding tert-OH is 1. The molecule has 4 unspecified atom stereocenters. The van der Waals surface area contributed by atoms with Crippen molar-refractivity contribution in [2.24, 2.45) is 0 Å². The number of carbonyl (C=O) groups is 1. The first-order valence-corrected chi connectivity index (χ1v) is 18.4. The predicted octanol–water partition coefficient (Wildman–Crippen LogP) is 1.49. The Labute approximate surface area is 291 Å². The molecule has 0 aliphatic carbocycles. The van der Waals surface area contributed by atoms with Crippen LogP contribution in [0.3, 0.4) is 0 Å². The molecule has 2 bridgehead atoms. The molecule has 3 fully saturated rings. The molecule has 3 saturated heterocycles. The highest BCUT2D eigenvalue weighted by molar-refractivity contribution is 7.48. The minimum atomic E-state index is -5.17. The van der Waals surface area contributed by atoms with Crippen LogP contribution >= 0.6 is 15.6 Å². The lowest BCUT2D eigenvalue weighted by Crippen LogP contribution is -2.35. The van der Waals surface area contributed by atoms with E-state index in [-0.39, 0.29) is 33.8 Å². The van der Waals surface area contributed by atoms with E-state index in [0.717, 1.165) is 6.33 Å². The molecule has 23 nitrogen and oxygen atoms in total. The highest BCUT2D eigenvalue weighted by Crippen LogP contribution is 2.56. The number of fused-ring (bicyclic) bond motifs is 5. The number of imidazole rings is 2. The quantitative estimate of drug-likeness (QED) is 0.122. The number of hydrogen-bond acceptors (Lipinski definition) is 20. The summed E-state index contributed by atoms with van der Waals surface area (Å²) in [6.45, 7) is 0.327. The number of hydrogen-bond donors (Lipinski definition) is 4. The highest BCUT2D eigenvalue weighted by Gasteiger charge is 2.55. The standard InChI is InChI=1S/C26H32FN9O14P2/c1-11(2)46-26(38)42-10-45-52(41)44-6-14-19(15(27)24(48-14)35-8-33-16-12(28)3-4-30-22(16)35)49-51(39,40)43-5-13-18(37)20(50-52)25(47-13)36-9-34-17-21(29)31-7-32-23(17)36/h3-4,7-9,11,13-15,18-20,24-25,37H,5-6,10H2,1-2H3,(H2,28,30)(H,39,40)(H2,29,31,32)/t13-,14-,15+,18+,19?,20?,24-,25-,52?/m1/s1. The van der Waals surface area contributed by atoms with Gasteiger partial charge < -0.3 is 40.4 Å². The number of halogens is 1. The van der Waals surface area contributed by atoms with Gasteiger partial charge in [-0.05, 0) is 19.9 Å². The highest BCUT2D eigenvalue weighted by atomic mass is 31.2. The van der Waals surface area contributed by atoms with E-state index in [1.165, 1.54) is 34.1 Å². The largest absolute Gasteiger partial charge is 0.510 e. The van der Waals surface area contributed by atoms with Gasteiger partial charge in [-0.1, -0.05) is 0 Å². The van der Waals surface area contributed by atoms with Crippen molar-refractivity contribution in [3.63, 3.8) is 0 Å². The van der Waals surface area contributed by atoms with Crippen molar-refractivity contribution >= 4 is 55.6 Å². The SMILES string of the molecule is CC(C)OC(=O)OCOP1(=O)OC[C@H]2O[C@@H](n3cnc4c(N)ccnc43)[C@@H](F)C2OP(=O)(O)OC[C@H]2O[C@@H](n3cnc4c(N)ncnc43)C(O1)[C@H]2O. The molecule has 7 rings (SSSR count). The summed E-state index contributed by atoms with van der Waals surface area (Å²) in [4.78, 5) is 43.3. The molecule has 0 amide bonds. The van der Waals surface area contributed by atoms with Crippen LogP contribution in [0.4, 0.5) is 20.7 Å². The van der Waals surface area contributed by atoms with Crippen LogP contribution in [0.15, 0.2) is 31.2 Å². The summed E-state index contributed by atoms with van der Waals surface area (Å²) < 4.78 is 94.9. The van der Waals surface area contributed by atoms with Crippen LogP contribution in [0.5, 0.6) is 0 Å². The van der Waals surface area contributed by atoms with Gasteiger partial charge in [0.15, 0.2) is 35.7 Å². The summed E-state index contributed by atoms with van der Waals surface area (Å²) in [5.74, 6) is 0.00135. The van der Waals surface area contributed by atoms with Gasteiger partial charge in [-0.25, -0.2) is 47.8 Å². The van der Waals surface area contributed by atoms with Crippen LogP contribution in [0.2, 0.25) is 0 Å². The Morgan fingerprint density at radius 2 is 1.67 bits per heavy atom. The minimum Gasteiger partial charge on any atom is -0.432 e. The monoisotopic (exact) mass is 775 g/mol. The van der Waals surface area contributed by atoms with Crippen molar-refractivity contribution in [2.75, 3.05) is 31.5 Å². The third-order valence-corrected chi connectivity index (χ3v) is 10.4. The van der Waals surface area contributed by atoms with Gasteiger partial charge in [0.25, 0.3) is 0 Å². The normalized spacial score (nSPS) is 34.1. The number of phosphoric acid groups is 2. The number of aliphatic hydroxyl groups is 1. The predicted molar refractivity (Wildman–Crippen MR) is 168 cm³/mol. The average Bonchev–Trinajstić information content (AvgIpc) is 3.84. The van der Waals surface area contributed by atoms with Crippen LogP contribution in [0.1, 0.15) is 26.3 Å². The first-order valence-electron chi connectivity index (χ1n) is 15.4. The van der Waals surface area contributed by atoms with Crippen molar-refractivity contribution in [2.45, 2.75) is 69.1 Å². The first-order chi connectivity index (χ1) is 24.7. The second kappa shape index (κ2) is 14.1. The van der Waals surface area contributed by atoms with Crippen LogP contribution in [-0.2, 0) is 50.7 Å². The molecule has 6 N–H and O–H groups in total. The second-order valence-corrected chi connectivity index (χ2v) is 14.9. The van der Waals surface area contributed by atoms with Gasteiger partial charge >= 0.3 is 21.8 Å². The number of nitrogens with two attached hydrogens (primary N) is 2. The van der Waals surface area contributed by atoms with E-state index in [1.54, 1.807) is 13.8 Å². The van der Waals surface area contributed by atoms with Gasteiger partial charge in [-0.2, -0.15) is 0 Å². The fraction of sp³-hybridized carbons (Fsp3) is 0.538. The number of aromatic nitrogens is 7. The van der Waals surface area contributed by atoms with E-state index in [0.29, 0.717) is 0 Å². The molecule has 7 heterocycles. The van der Waals surface area contributed by atoms with E-state index < -0.39 is 97.1 Å². The Balaban J connectivity index is 1.22. The zero-order valence-electron chi connectivity index (χ0n) is 27.1. The number of alkyl halides is 1. The average molecular weight is 776 g/mol. The van der Waals surface area contributed by atoms with Gasteiger partial charge in [0.05, 0.1) is 37.7 Å². The van der Waals surface area contributed by atoms with Gasteiger partial charge in [-0.15, -0.1) is 0 Å². The molecule has 3 aliphatic rings. The van der Waals surface area contributed by atoms with E-state index in [2.05, 4.69) is 24.9 Å². The van der Waals surface area contributed by atoms with Gasteiger partial charge in [0.1, 0.15) is 47.9 Å². The maximum Gasteiger partial charge on any atom is 0.510 e. The summed E-state index contributed by atoms with van der Waals surface area (Å²) in [5, 5.41) is 11.3. The smallest absolute Gasteiger partial charge is 0.432 e. The van der Waals surface area contributed by atoms with Crippen LogP contribution in [0.25, 0.3) is 22.3 Å². The van der Waals surface area contributed by atoms with E-state index in [9.17, 15) is 23.9 Å². The number of rotatable bonds is 6. The Hall–Kier alpha value is -3.93. The van der Waals surface area contributed by atoms with Crippen LogP contribution in [0, 0.1) is 0 Å². The Morgan fingerprint density at radius 3 is 2.44 bits per heavy atom. The third kappa shape index (κ3) is 7.07. The van der Waals surface area contributed by atoms with Gasteiger partial charge in [0, 0.05) is 6.20 Å². The van der Waals surface area contributed by atoms with Crippen molar-refractivity contribution in [3.05, 3.63) is 31.2 Å². The topological polar surface area (TPSA) is 301 Å². The molecule has 0 spiro atoms. The molecule has 4 aromatic rings. The van der Waals surface area contributed by atoms with Crippen molar-refractivity contribution in [3.8, 4) is 0 Å². The van der Waals surface area contributed by atoms with E-state index in [4.69, 9.17) is 53.0 Å². The first kappa shape index (κ1) is 36.4. The van der Waals surface area contributed by atoms with Crippen molar-refractivity contribution in [1.82, 2.24) is 34.1 Å². The maximum atomic E-state index is 16.2. The third-order valence-electron chi connectivity index (χ3n) is 8.03. The Kier molecular flexibility index (Phi) is 9.90. The zero-order valence-corrected chi connectivity index (χ0v) is 28.8. The fourth-order valence-electron chi connectivity index (χ4n) is 5.70. The number of ether oxygens (including phenoxy) is 4. The van der Waals surface area contributed by atoms with Crippen LogP contribution in [-0.4, -0.2) is 113 Å². The number of nitrogen functional groups attached to an aromatic ring is 2. The van der Waals surface area contributed by atoms with Gasteiger partial charge in [0.2, 0.25) is 6.79 Å². The number of phosphoric ester groups is 2. The maximum absolute atomic E-state index is 16.2. The lowest BCUT2D eigenvalue weighted by molar-refractivity contribution is -0.0770. The summed E-state index contributed by atoms with van der Waals surface area (Å²) in [5.41, 5.74) is 12.7. The van der Waals surface area contributed by atoms with Crippen molar-refractivity contribution in [1.29, 1.82) is 0 Å². The molecular formula is C26H32FN9O14P2. The number of pyridine rings is 1.